The van der Waals surface area contributed by atoms with Crippen LogP contribution in [-0.2, 0) is 11.3 Å². The number of piperidine rings is 1. The van der Waals surface area contributed by atoms with Crippen molar-refractivity contribution in [3.63, 3.8) is 0 Å². The van der Waals surface area contributed by atoms with Gasteiger partial charge in [0.2, 0.25) is 0 Å². The van der Waals surface area contributed by atoms with Crippen LogP contribution in [0.3, 0.4) is 0 Å². The second-order valence-corrected chi connectivity index (χ2v) is 7.55. The standard InChI is InChI=1S/C19H30N2O2/c1-20(11-17-5-3-2-4-6-17)12-18-7-9-21(10-8-18)13-19(14-22)15-23-16-19/h2-6,18,22H,7-16H2,1H3. The van der Waals surface area contributed by atoms with E-state index in [1.165, 1.54) is 24.9 Å². The van der Waals surface area contributed by atoms with Gasteiger partial charge >= 0.3 is 0 Å². The first-order valence-corrected chi connectivity index (χ1v) is 8.83. The molecule has 4 nitrogen and oxygen atoms in total. The fraction of sp³-hybridized carbons (Fsp3) is 0.684. The molecule has 0 spiro atoms. The zero-order chi connectivity index (χ0) is 16.1. The van der Waals surface area contributed by atoms with Crippen molar-refractivity contribution in [3.05, 3.63) is 35.9 Å². The van der Waals surface area contributed by atoms with Crippen molar-refractivity contribution in [1.29, 1.82) is 0 Å². The second kappa shape index (κ2) is 7.75. The molecule has 1 N–H and O–H groups in total. The van der Waals surface area contributed by atoms with Gasteiger partial charge in [-0.25, -0.2) is 0 Å². The van der Waals surface area contributed by atoms with Crippen molar-refractivity contribution in [3.8, 4) is 0 Å². The first kappa shape index (κ1) is 16.9. The van der Waals surface area contributed by atoms with Crippen molar-refractivity contribution < 1.29 is 9.84 Å². The van der Waals surface area contributed by atoms with E-state index in [-0.39, 0.29) is 12.0 Å². The minimum atomic E-state index is 0.0247. The van der Waals surface area contributed by atoms with E-state index in [4.69, 9.17) is 4.74 Å². The van der Waals surface area contributed by atoms with Gasteiger partial charge in [0.05, 0.1) is 25.2 Å². The largest absolute Gasteiger partial charge is 0.396 e. The summed E-state index contributed by atoms with van der Waals surface area (Å²) >= 11 is 0. The number of hydrogen-bond donors (Lipinski definition) is 1. The fourth-order valence-corrected chi connectivity index (χ4v) is 3.83. The summed E-state index contributed by atoms with van der Waals surface area (Å²) in [6, 6.07) is 10.7. The highest BCUT2D eigenvalue weighted by Crippen LogP contribution is 2.30. The fourth-order valence-electron chi connectivity index (χ4n) is 3.83. The Kier molecular flexibility index (Phi) is 5.70. The molecule has 0 atom stereocenters. The lowest BCUT2D eigenvalue weighted by atomic mass is 9.85. The molecule has 2 aliphatic rings. The Labute approximate surface area is 140 Å². The smallest absolute Gasteiger partial charge is 0.0579 e. The molecule has 0 unspecified atom stereocenters. The molecule has 1 aromatic carbocycles. The molecule has 2 fully saturated rings. The summed E-state index contributed by atoms with van der Waals surface area (Å²) in [5, 5.41) is 9.56. The minimum absolute atomic E-state index is 0.0247. The molecule has 0 radical (unpaired) electrons. The highest BCUT2D eigenvalue weighted by Gasteiger charge is 2.40. The first-order chi connectivity index (χ1) is 11.2. The molecule has 3 rings (SSSR count). The zero-order valence-corrected chi connectivity index (χ0v) is 14.3. The number of aliphatic hydroxyl groups excluding tert-OH is 1. The maximum absolute atomic E-state index is 9.56. The van der Waals surface area contributed by atoms with Crippen LogP contribution in [-0.4, -0.2) is 68.0 Å². The summed E-state index contributed by atoms with van der Waals surface area (Å²) < 4.78 is 5.31. The van der Waals surface area contributed by atoms with Crippen LogP contribution < -0.4 is 0 Å². The van der Waals surface area contributed by atoms with Crippen LogP contribution in [0.1, 0.15) is 18.4 Å². The summed E-state index contributed by atoms with van der Waals surface area (Å²) in [6.45, 7) is 7.23. The van der Waals surface area contributed by atoms with Crippen LogP contribution in [0.4, 0.5) is 0 Å². The molecule has 128 valence electrons. The van der Waals surface area contributed by atoms with Gasteiger partial charge in [0, 0.05) is 19.6 Å². The maximum atomic E-state index is 9.56. The molecule has 0 bridgehead atoms. The predicted octanol–water partition coefficient (Wildman–Crippen LogP) is 1.84. The van der Waals surface area contributed by atoms with Gasteiger partial charge in [-0.1, -0.05) is 30.3 Å². The van der Waals surface area contributed by atoms with Crippen LogP contribution in [0.25, 0.3) is 0 Å². The molecular weight excluding hydrogens is 288 g/mol. The third-order valence-electron chi connectivity index (χ3n) is 5.28. The van der Waals surface area contributed by atoms with Crippen molar-refractivity contribution in [2.24, 2.45) is 11.3 Å². The van der Waals surface area contributed by atoms with E-state index in [9.17, 15) is 5.11 Å². The van der Waals surface area contributed by atoms with E-state index in [1.807, 2.05) is 0 Å². The molecule has 4 heteroatoms. The van der Waals surface area contributed by atoms with E-state index in [0.29, 0.717) is 0 Å². The Bertz CT molecular complexity index is 462. The molecule has 1 aromatic rings. The molecule has 0 amide bonds. The normalized spacial score (nSPS) is 22.2. The number of nitrogens with zero attached hydrogens (tertiary/aromatic N) is 2. The number of ether oxygens (including phenoxy) is 1. The Balaban J connectivity index is 1.39. The maximum Gasteiger partial charge on any atom is 0.0579 e. The first-order valence-electron chi connectivity index (χ1n) is 8.83. The summed E-state index contributed by atoms with van der Waals surface area (Å²) in [5.41, 5.74) is 1.42. The molecule has 23 heavy (non-hydrogen) atoms. The Morgan fingerprint density at radius 3 is 2.48 bits per heavy atom. The second-order valence-electron chi connectivity index (χ2n) is 7.55. The van der Waals surface area contributed by atoms with E-state index < -0.39 is 0 Å². The number of likely N-dealkylation sites (tertiary alicyclic amines) is 1. The molecule has 0 aromatic heterocycles. The lowest BCUT2D eigenvalue weighted by Crippen LogP contribution is -2.54. The minimum Gasteiger partial charge on any atom is -0.396 e. The third-order valence-corrected chi connectivity index (χ3v) is 5.28. The predicted molar refractivity (Wildman–Crippen MR) is 92.3 cm³/mol. The van der Waals surface area contributed by atoms with Gasteiger partial charge in [0.1, 0.15) is 0 Å². The van der Waals surface area contributed by atoms with Crippen molar-refractivity contribution >= 4 is 0 Å². The average molecular weight is 318 g/mol. The van der Waals surface area contributed by atoms with Gasteiger partial charge < -0.3 is 19.6 Å². The van der Waals surface area contributed by atoms with E-state index >= 15 is 0 Å². The summed E-state index contributed by atoms with van der Waals surface area (Å²) in [6.07, 6.45) is 2.53. The van der Waals surface area contributed by atoms with Crippen LogP contribution in [0.15, 0.2) is 30.3 Å². The monoisotopic (exact) mass is 318 g/mol. The molecule has 2 heterocycles. The Hall–Kier alpha value is -0.940. The van der Waals surface area contributed by atoms with Crippen LogP contribution in [0.2, 0.25) is 0 Å². The van der Waals surface area contributed by atoms with Gasteiger partial charge in [-0.2, -0.15) is 0 Å². The highest BCUT2D eigenvalue weighted by atomic mass is 16.5. The SMILES string of the molecule is CN(Cc1ccccc1)CC1CCN(CC2(CO)COC2)CC1. The van der Waals surface area contributed by atoms with E-state index in [2.05, 4.69) is 47.2 Å². The van der Waals surface area contributed by atoms with Gasteiger partial charge in [-0.3, -0.25) is 0 Å². The van der Waals surface area contributed by atoms with Crippen LogP contribution in [0, 0.1) is 11.3 Å². The van der Waals surface area contributed by atoms with Crippen LogP contribution >= 0.6 is 0 Å². The number of aliphatic hydroxyl groups is 1. The van der Waals surface area contributed by atoms with Gasteiger partial charge in [0.15, 0.2) is 0 Å². The molecular formula is C19H30N2O2. The Morgan fingerprint density at radius 2 is 1.91 bits per heavy atom. The lowest BCUT2D eigenvalue weighted by molar-refractivity contribution is -0.150. The quantitative estimate of drug-likeness (QED) is 0.832. The average Bonchev–Trinajstić information content (AvgIpc) is 2.53. The summed E-state index contributed by atoms with van der Waals surface area (Å²) in [5.74, 6) is 0.794. The highest BCUT2D eigenvalue weighted by molar-refractivity contribution is 5.14. The Morgan fingerprint density at radius 1 is 1.22 bits per heavy atom. The van der Waals surface area contributed by atoms with Crippen molar-refractivity contribution in [2.75, 3.05) is 53.0 Å². The van der Waals surface area contributed by atoms with Gasteiger partial charge in [-0.05, 0) is 44.5 Å². The van der Waals surface area contributed by atoms with Crippen molar-refractivity contribution in [2.45, 2.75) is 19.4 Å². The zero-order valence-electron chi connectivity index (χ0n) is 14.3. The number of hydrogen-bond acceptors (Lipinski definition) is 4. The molecule has 0 saturated carbocycles. The summed E-state index contributed by atoms with van der Waals surface area (Å²) in [4.78, 5) is 4.97. The molecule has 2 saturated heterocycles. The van der Waals surface area contributed by atoms with Crippen LogP contribution in [0.5, 0.6) is 0 Å². The lowest BCUT2D eigenvalue weighted by Gasteiger charge is -2.45. The van der Waals surface area contributed by atoms with E-state index in [1.54, 1.807) is 0 Å². The topological polar surface area (TPSA) is 35.9 Å². The van der Waals surface area contributed by atoms with Gasteiger partial charge in [0.25, 0.3) is 0 Å². The van der Waals surface area contributed by atoms with Gasteiger partial charge in [-0.15, -0.1) is 0 Å². The molecule has 2 aliphatic heterocycles. The number of rotatable bonds is 7. The van der Waals surface area contributed by atoms with E-state index in [0.717, 1.165) is 45.3 Å². The summed E-state index contributed by atoms with van der Waals surface area (Å²) in [7, 11) is 2.23. The number of benzene rings is 1. The van der Waals surface area contributed by atoms with Crippen molar-refractivity contribution in [1.82, 2.24) is 9.80 Å². The third kappa shape index (κ3) is 4.54. The molecule has 0 aliphatic carbocycles.